The van der Waals surface area contributed by atoms with E-state index in [1.807, 2.05) is 19.2 Å². The van der Waals surface area contributed by atoms with Crippen LogP contribution in [0, 0.1) is 6.92 Å². The molecule has 5 heteroatoms. The molecule has 0 bridgehead atoms. The molecule has 1 unspecified atom stereocenters. The maximum Gasteiger partial charge on any atom is 0.323 e. The van der Waals surface area contributed by atoms with E-state index in [9.17, 15) is 4.79 Å². The summed E-state index contributed by atoms with van der Waals surface area (Å²) in [4.78, 5) is 17.0. The maximum atomic E-state index is 11.4. The van der Waals surface area contributed by atoms with Crippen molar-refractivity contribution in [1.29, 1.82) is 0 Å². The second kappa shape index (κ2) is 5.50. The van der Waals surface area contributed by atoms with Crippen molar-refractivity contribution >= 4 is 27.0 Å². The molecule has 1 heterocycles. The van der Waals surface area contributed by atoms with Gasteiger partial charge in [0.2, 0.25) is 0 Å². The summed E-state index contributed by atoms with van der Waals surface area (Å²) < 4.78 is 0.964. The summed E-state index contributed by atoms with van der Waals surface area (Å²) in [5, 5.41) is 3.34. The summed E-state index contributed by atoms with van der Waals surface area (Å²) in [7, 11) is 1.93. The third-order valence-corrected chi connectivity index (χ3v) is 4.30. The number of hydrogen-bond acceptors (Lipinski definition) is 2. The lowest BCUT2D eigenvalue weighted by Crippen LogP contribution is -2.18. The number of hydrogen-bond donors (Lipinski definition) is 3. The number of aromatic nitrogens is 2. The van der Waals surface area contributed by atoms with E-state index in [4.69, 9.17) is 0 Å². The minimum absolute atomic E-state index is 0.0575. The average Bonchev–Trinajstić information content (AvgIpc) is 2.79. The number of nitrogens with one attached hydrogen (secondary N) is 3. The van der Waals surface area contributed by atoms with Crippen molar-refractivity contribution in [3.8, 4) is 0 Å². The molecule has 0 spiro atoms. The molecule has 0 aliphatic carbocycles. The number of rotatable bonds is 3. The second-order valence-electron chi connectivity index (χ2n) is 5.13. The first-order valence-corrected chi connectivity index (χ1v) is 7.53. The van der Waals surface area contributed by atoms with E-state index in [-0.39, 0.29) is 11.7 Å². The van der Waals surface area contributed by atoms with Gasteiger partial charge in [-0.05, 0) is 37.2 Å². The zero-order chi connectivity index (χ0) is 15.0. The zero-order valence-electron chi connectivity index (χ0n) is 11.8. The van der Waals surface area contributed by atoms with Gasteiger partial charge in [0.15, 0.2) is 0 Å². The van der Waals surface area contributed by atoms with Gasteiger partial charge >= 0.3 is 5.69 Å². The van der Waals surface area contributed by atoms with E-state index in [0.717, 1.165) is 21.1 Å². The highest BCUT2D eigenvalue weighted by atomic mass is 79.9. The van der Waals surface area contributed by atoms with Crippen LogP contribution in [0.25, 0.3) is 11.0 Å². The molecule has 4 nitrogen and oxygen atoms in total. The van der Waals surface area contributed by atoms with Crippen molar-refractivity contribution in [3.05, 3.63) is 68.0 Å². The van der Waals surface area contributed by atoms with Crippen molar-refractivity contribution in [2.75, 3.05) is 7.05 Å². The monoisotopic (exact) mass is 345 g/mol. The number of halogens is 1. The van der Waals surface area contributed by atoms with Gasteiger partial charge in [-0.1, -0.05) is 45.8 Å². The molecular formula is C16H16BrN3O. The molecule has 0 radical (unpaired) electrons. The van der Waals surface area contributed by atoms with E-state index in [0.29, 0.717) is 0 Å². The van der Waals surface area contributed by atoms with Crippen molar-refractivity contribution in [2.24, 2.45) is 0 Å². The molecular weight excluding hydrogens is 330 g/mol. The van der Waals surface area contributed by atoms with Crippen LogP contribution in [0.1, 0.15) is 22.7 Å². The van der Waals surface area contributed by atoms with Crippen LogP contribution in [0.4, 0.5) is 0 Å². The van der Waals surface area contributed by atoms with Crippen LogP contribution in [-0.4, -0.2) is 17.0 Å². The lowest BCUT2D eigenvalue weighted by molar-refractivity contribution is 0.689. The van der Waals surface area contributed by atoms with Crippen LogP contribution in [0.15, 0.2) is 45.7 Å². The Morgan fingerprint density at radius 2 is 1.86 bits per heavy atom. The van der Waals surface area contributed by atoms with Crippen LogP contribution >= 0.6 is 15.9 Å². The SMILES string of the molecule is CNC(c1cccc(C)c1)c1cc2[nH]c(=O)[nH]c2cc1Br. The molecule has 0 saturated carbocycles. The van der Waals surface area contributed by atoms with Crippen LogP contribution in [0.5, 0.6) is 0 Å². The highest BCUT2D eigenvalue weighted by molar-refractivity contribution is 9.10. The van der Waals surface area contributed by atoms with Gasteiger partial charge < -0.3 is 15.3 Å². The van der Waals surface area contributed by atoms with Crippen molar-refractivity contribution in [2.45, 2.75) is 13.0 Å². The Balaban J connectivity index is 2.16. The van der Waals surface area contributed by atoms with E-state index in [1.165, 1.54) is 11.1 Å². The Hall–Kier alpha value is -1.85. The lowest BCUT2D eigenvalue weighted by Gasteiger charge is -2.19. The quantitative estimate of drug-likeness (QED) is 0.682. The topological polar surface area (TPSA) is 60.7 Å². The van der Waals surface area contributed by atoms with Gasteiger partial charge in [-0.25, -0.2) is 4.79 Å². The zero-order valence-corrected chi connectivity index (χ0v) is 13.4. The number of aryl methyl sites for hydroxylation is 1. The molecule has 0 amide bonds. The molecule has 3 aromatic rings. The Morgan fingerprint density at radius 1 is 1.14 bits per heavy atom. The van der Waals surface area contributed by atoms with E-state index < -0.39 is 0 Å². The Kier molecular flexibility index (Phi) is 3.69. The van der Waals surface area contributed by atoms with Gasteiger partial charge in [-0.15, -0.1) is 0 Å². The molecule has 3 N–H and O–H groups in total. The largest absolute Gasteiger partial charge is 0.323 e. The van der Waals surface area contributed by atoms with Crippen LogP contribution in [0.2, 0.25) is 0 Å². The number of fused-ring (bicyclic) bond motifs is 1. The molecule has 2 aromatic carbocycles. The fourth-order valence-corrected chi connectivity index (χ4v) is 3.22. The normalized spacial score (nSPS) is 12.7. The first kappa shape index (κ1) is 14.1. The number of imidazole rings is 1. The Labute approximate surface area is 130 Å². The van der Waals surface area contributed by atoms with Gasteiger partial charge in [0.1, 0.15) is 0 Å². The predicted octanol–water partition coefficient (Wildman–Crippen LogP) is 3.24. The van der Waals surface area contributed by atoms with Crippen LogP contribution in [0.3, 0.4) is 0 Å². The molecule has 3 rings (SSSR count). The molecule has 0 fully saturated rings. The summed E-state index contributed by atoms with van der Waals surface area (Å²) in [6.07, 6.45) is 0. The highest BCUT2D eigenvalue weighted by Crippen LogP contribution is 2.31. The number of H-pyrrole nitrogens is 2. The van der Waals surface area contributed by atoms with Gasteiger partial charge in [0, 0.05) is 4.47 Å². The van der Waals surface area contributed by atoms with E-state index in [1.54, 1.807) is 0 Å². The third-order valence-electron chi connectivity index (χ3n) is 3.61. The van der Waals surface area contributed by atoms with Gasteiger partial charge in [-0.2, -0.15) is 0 Å². The smallest absolute Gasteiger partial charge is 0.309 e. The van der Waals surface area contributed by atoms with Crippen LogP contribution in [-0.2, 0) is 0 Å². The maximum absolute atomic E-state index is 11.4. The van der Waals surface area contributed by atoms with Crippen LogP contribution < -0.4 is 11.0 Å². The minimum atomic E-state index is -0.189. The lowest BCUT2D eigenvalue weighted by atomic mass is 9.97. The van der Waals surface area contributed by atoms with Gasteiger partial charge in [-0.3, -0.25) is 0 Å². The number of benzene rings is 2. The highest BCUT2D eigenvalue weighted by Gasteiger charge is 2.16. The molecule has 108 valence electrons. The van der Waals surface area contributed by atoms with Gasteiger partial charge in [0.05, 0.1) is 17.1 Å². The summed E-state index contributed by atoms with van der Waals surface area (Å²) in [6, 6.07) is 12.4. The molecule has 1 aromatic heterocycles. The number of aromatic amines is 2. The molecule has 0 saturated heterocycles. The molecule has 0 aliphatic rings. The molecule has 1 atom stereocenters. The fraction of sp³-hybridized carbons (Fsp3) is 0.188. The van der Waals surface area contributed by atoms with Gasteiger partial charge in [0.25, 0.3) is 0 Å². The summed E-state index contributed by atoms with van der Waals surface area (Å²) >= 11 is 3.61. The Morgan fingerprint density at radius 3 is 2.52 bits per heavy atom. The van der Waals surface area contributed by atoms with E-state index in [2.05, 4.69) is 62.4 Å². The summed E-state index contributed by atoms with van der Waals surface area (Å²) in [5.41, 5.74) is 4.92. The molecule has 21 heavy (non-hydrogen) atoms. The second-order valence-corrected chi connectivity index (χ2v) is 5.99. The first-order chi connectivity index (χ1) is 10.1. The third kappa shape index (κ3) is 2.66. The molecule has 0 aliphatic heterocycles. The predicted molar refractivity (Wildman–Crippen MR) is 88.7 cm³/mol. The minimum Gasteiger partial charge on any atom is -0.309 e. The van der Waals surface area contributed by atoms with E-state index >= 15 is 0 Å². The van der Waals surface area contributed by atoms with Crippen molar-refractivity contribution in [1.82, 2.24) is 15.3 Å². The van der Waals surface area contributed by atoms with Crippen molar-refractivity contribution in [3.63, 3.8) is 0 Å². The summed E-state index contributed by atoms with van der Waals surface area (Å²) in [5.74, 6) is 0. The first-order valence-electron chi connectivity index (χ1n) is 6.74. The average molecular weight is 346 g/mol. The standard InChI is InChI=1S/C16H16BrN3O/c1-9-4-3-5-10(6-9)15(18-2)11-7-13-14(8-12(11)17)20-16(21)19-13/h3-8,15,18H,1-2H3,(H2,19,20,21). The van der Waals surface area contributed by atoms with Crippen molar-refractivity contribution < 1.29 is 0 Å². The Bertz CT molecular complexity index is 850. The fourth-order valence-electron chi connectivity index (χ4n) is 2.65. The summed E-state index contributed by atoms with van der Waals surface area (Å²) in [6.45, 7) is 2.08.